The van der Waals surface area contributed by atoms with E-state index in [4.69, 9.17) is 4.74 Å². The number of rotatable bonds is 2. The van der Waals surface area contributed by atoms with Gasteiger partial charge in [-0.25, -0.2) is 4.98 Å². The lowest BCUT2D eigenvalue weighted by molar-refractivity contribution is 0.464. The van der Waals surface area contributed by atoms with Crippen LogP contribution < -0.4 is 4.74 Å². The zero-order valence-corrected chi connectivity index (χ0v) is 10.0. The van der Waals surface area contributed by atoms with Crippen LogP contribution in [0.3, 0.4) is 0 Å². The van der Waals surface area contributed by atoms with Gasteiger partial charge in [-0.2, -0.15) is 10.1 Å². The molecule has 0 unspecified atom stereocenters. The fourth-order valence-corrected chi connectivity index (χ4v) is 1.70. The number of pyridine rings is 1. The third-order valence-electron chi connectivity index (χ3n) is 2.52. The Kier molecular flexibility index (Phi) is 2.40. The Labute approximate surface area is 103 Å². The first-order chi connectivity index (χ1) is 8.74. The fourth-order valence-electron chi connectivity index (χ4n) is 1.70. The minimum Gasteiger partial charge on any atom is -0.436 e. The maximum Gasteiger partial charge on any atom is 0.233 e. The molecule has 0 saturated carbocycles. The van der Waals surface area contributed by atoms with Crippen LogP contribution in [0.1, 0.15) is 5.82 Å². The van der Waals surface area contributed by atoms with Crippen LogP contribution in [0.4, 0.5) is 0 Å². The lowest BCUT2D eigenvalue weighted by Gasteiger charge is -2.05. The Balaban J connectivity index is 2.11. The lowest BCUT2D eigenvalue weighted by atomic mass is 10.4. The lowest BCUT2D eigenvalue weighted by Crippen LogP contribution is -1.97. The summed E-state index contributed by atoms with van der Waals surface area (Å²) in [4.78, 5) is 12.6. The van der Waals surface area contributed by atoms with Crippen molar-refractivity contribution in [2.24, 2.45) is 7.05 Å². The molecule has 3 aromatic heterocycles. The van der Waals surface area contributed by atoms with E-state index in [1.54, 1.807) is 23.3 Å². The molecule has 18 heavy (non-hydrogen) atoms. The molecule has 0 bridgehead atoms. The van der Waals surface area contributed by atoms with E-state index in [-0.39, 0.29) is 0 Å². The second-order valence-corrected chi connectivity index (χ2v) is 3.87. The molecule has 0 fully saturated rings. The first kappa shape index (κ1) is 10.6. The second-order valence-electron chi connectivity index (χ2n) is 3.87. The Hall–Kier alpha value is -2.50. The summed E-state index contributed by atoms with van der Waals surface area (Å²) in [6.45, 7) is 1.82. The van der Waals surface area contributed by atoms with Gasteiger partial charge in [0.1, 0.15) is 17.0 Å². The van der Waals surface area contributed by atoms with Gasteiger partial charge in [0, 0.05) is 13.2 Å². The molecule has 3 heterocycles. The van der Waals surface area contributed by atoms with E-state index in [1.165, 1.54) is 0 Å². The Morgan fingerprint density at radius 2 is 2.11 bits per heavy atom. The Morgan fingerprint density at radius 3 is 2.89 bits per heavy atom. The summed E-state index contributed by atoms with van der Waals surface area (Å²) in [5, 5.41) is 4.94. The molecule has 0 aromatic carbocycles. The predicted octanol–water partition coefficient (Wildman–Crippen LogP) is 1.86. The molecule has 0 atom stereocenters. The van der Waals surface area contributed by atoms with E-state index in [2.05, 4.69) is 20.1 Å². The van der Waals surface area contributed by atoms with Gasteiger partial charge in [0.25, 0.3) is 0 Å². The van der Waals surface area contributed by atoms with Crippen molar-refractivity contribution in [3.8, 4) is 11.6 Å². The first-order valence-electron chi connectivity index (χ1n) is 5.48. The van der Waals surface area contributed by atoms with Gasteiger partial charge in [-0.3, -0.25) is 9.67 Å². The molecule has 3 rings (SSSR count). The van der Waals surface area contributed by atoms with E-state index in [0.29, 0.717) is 17.5 Å². The molecule has 0 amide bonds. The molecular formula is C12H11N5O. The van der Waals surface area contributed by atoms with Gasteiger partial charge in [-0.15, -0.1) is 0 Å². The Morgan fingerprint density at radius 1 is 1.22 bits per heavy atom. The van der Waals surface area contributed by atoms with Crippen LogP contribution in [0.25, 0.3) is 11.0 Å². The minimum absolute atomic E-state index is 0.499. The first-order valence-corrected chi connectivity index (χ1v) is 5.48. The predicted molar refractivity (Wildman–Crippen MR) is 65.4 cm³/mol. The zero-order chi connectivity index (χ0) is 12.5. The molecule has 0 aliphatic heterocycles. The average molecular weight is 241 g/mol. The largest absolute Gasteiger partial charge is 0.436 e. The molecule has 6 heteroatoms. The van der Waals surface area contributed by atoms with Crippen molar-refractivity contribution in [1.29, 1.82) is 0 Å². The van der Waals surface area contributed by atoms with Gasteiger partial charge in [-0.1, -0.05) is 0 Å². The van der Waals surface area contributed by atoms with E-state index in [9.17, 15) is 0 Å². The third-order valence-corrected chi connectivity index (χ3v) is 2.52. The number of aromatic nitrogens is 5. The highest BCUT2D eigenvalue weighted by Gasteiger charge is 2.11. The summed E-state index contributed by atoms with van der Waals surface area (Å²) in [6.07, 6.45) is 5.03. The highest BCUT2D eigenvalue weighted by molar-refractivity contribution is 5.80. The van der Waals surface area contributed by atoms with Gasteiger partial charge in [0.05, 0.1) is 12.4 Å². The third kappa shape index (κ3) is 1.77. The number of fused-ring (bicyclic) bond motifs is 1. The molecule has 0 radical (unpaired) electrons. The number of nitrogens with zero attached hydrogens (tertiary/aromatic N) is 5. The topological polar surface area (TPSA) is 65.7 Å². The maximum absolute atomic E-state index is 5.72. The molecule has 0 spiro atoms. The minimum atomic E-state index is 0.499. The maximum atomic E-state index is 5.72. The van der Waals surface area contributed by atoms with Crippen LogP contribution >= 0.6 is 0 Å². The smallest absolute Gasteiger partial charge is 0.233 e. The van der Waals surface area contributed by atoms with Gasteiger partial charge in [0.2, 0.25) is 5.88 Å². The van der Waals surface area contributed by atoms with Crippen LogP contribution in [-0.2, 0) is 7.05 Å². The standard InChI is InChI=1S/C12H11N5O/c1-8-15-11-10(7-14-17(11)2)12(16-8)18-9-4-3-5-13-6-9/h3-7H,1-2H3. The van der Waals surface area contributed by atoms with Crippen LogP contribution in [-0.4, -0.2) is 24.7 Å². The van der Waals surface area contributed by atoms with Crippen LogP contribution in [0.2, 0.25) is 0 Å². The number of hydrogen-bond acceptors (Lipinski definition) is 5. The van der Waals surface area contributed by atoms with Gasteiger partial charge in [0.15, 0.2) is 5.65 Å². The second kappa shape index (κ2) is 4.06. The highest BCUT2D eigenvalue weighted by Crippen LogP contribution is 2.26. The summed E-state index contributed by atoms with van der Waals surface area (Å²) in [5.74, 6) is 1.78. The highest BCUT2D eigenvalue weighted by atomic mass is 16.5. The molecule has 0 aliphatic rings. The summed E-state index contributed by atoms with van der Waals surface area (Å²) < 4.78 is 7.41. The van der Waals surface area contributed by atoms with Crippen LogP contribution in [0.15, 0.2) is 30.7 Å². The zero-order valence-electron chi connectivity index (χ0n) is 10.0. The number of hydrogen-bond donors (Lipinski definition) is 0. The molecule has 6 nitrogen and oxygen atoms in total. The molecule has 90 valence electrons. The van der Waals surface area contributed by atoms with E-state index in [1.807, 2.05) is 26.1 Å². The van der Waals surface area contributed by atoms with E-state index < -0.39 is 0 Å². The van der Waals surface area contributed by atoms with Crippen LogP contribution in [0, 0.1) is 6.92 Å². The van der Waals surface area contributed by atoms with Crippen molar-refractivity contribution in [2.75, 3.05) is 0 Å². The summed E-state index contributed by atoms with van der Waals surface area (Å²) in [6, 6.07) is 3.64. The normalized spacial score (nSPS) is 10.8. The van der Waals surface area contributed by atoms with Gasteiger partial charge < -0.3 is 4.74 Å². The van der Waals surface area contributed by atoms with Crippen molar-refractivity contribution in [3.63, 3.8) is 0 Å². The fraction of sp³-hybridized carbons (Fsp3) is 0.167. The monoisotopic (exact) mass is 241 g/mol. The van der Waals surface area contributed by atoms with Crippen molar-refractivity contribution >= 4 is 11.0 Å². The molecule has 3 aromatic rings. The van der Waals surface area contributed by atoms with E-state index in [0.717, 1.165) is 11.0 Å². The van der Waals surface area contributed by atoms with Crippen LogP contribution in [0.5, 0.6) is 11.6 Å². The SMILES string of the molecule is Cc1nc(Oc2cccnc2)c2cnn(C)c2n1. The van der Waals surface area contributed by atoms with Gasteiger partial charge in [-0.05, 0) is 19.1 Å². The molecule has 0 saturated heterocycles. The Bertz CT molecular complexity index is 692. The molecule has 0 aliphatic carbocycles. The van der Waals surface area contributed by atoms with Gasteiger partial charge >= 0.3 is 0 Å². The summed E-state index contributed by atoms with van der Waals surface area (Å²) in [5.41, 5.74) is 0.751. The molecular weight excluding hydrogens is 230 g/mol. The van der Waals surface area contributed by atoms with Crippen molar-refractivity contribution in [1.82, 2.24) is 24.7 Å². The number of aryl methyl sites for hydroxylation is 2. The van der Waals surface area contributed by atoms with Crippen molar-refractivity contribution in [3.05, 3.63) is 36.5 Å². The van der Waals surface area contributed by atoms with Crippen molar-refractivity contribution < 1.29 is 4.74 Å². The van der Waals surface area contributed by atoms with E-state index >= 15 is 0 Å². The summed E-state index contributed by atoms with van der Waals surface area (Å²) >= 11 is 0. The number of ether oxygens (including phenoxy) is 1. The molecule has 0 N–H and O–H groups in total. The quantitative estimate of drug-likeness (QED) is 0.685. The average Bonchev–Trinajstić information content (AvgIpc) is 2.73. The summed E-state index contributed by atoms with van der Waals surface area (Å²) in [7, 11) is 1.84. The van der Waals surface area contributed by atoms with Crippen molar-refractivity contribution in [2.45, 2.75) is 6.92 Å².